The van der Waals surface area contributed by atoms with Gasteiger partial charge in [-0.1, -0.05) is 12.1 Å². The Balaban J connectivity index is 1.52. The molecule has 2 N–H and O–H groups in total. The highest BCUT2D eigenvalue weighted by Crippen LogP contribution is 2.16. The summed E-state index contributed by atoms with van der Waals surface area (Å²) in [6.45, 7) is 3.07. The number of anilines is 1. The van der Waals surface area contributed by atoms with Gasteiger partial charge in [0.2, 0.25) is 0 Å². The van der Waals surface area contributed by atoms with E-state index in [1.165, 1.54) is 34.0 Å². The van der Waals surface area contributed by atoms with Crippen molar-refractivity contribution >= 4 is 28.9 Å². The van der Waals surface area contributed by atoms with Gasteiger partial charge < -0.3 is 10.3 Å². The summed E-state index contributed by atoms with van der Waals surface area (Å²) in [5.41, 5.74) is 2.24. The number of thioether (sulfide) groups is 1. The van der Waals surface area contributed by atoms with Crippen LogP contribution in [0.2, 0.25) is 0 Å². The van der Waals surface area contributed by atoms with E-state index in [1.807, 2.05) is 30.0 Å². The third kappa shape index (κ3) is 3.51. The summed E-state index contributed by atoms with van der Waals surface area (Å²) in [5, 5.41) is 6.96. The molecule has 1 saturated heterocycles. The Morgan fingerprint density at radius 3 is 2.96 bits per heavy atom. The van der Waals surface area contributed by atoms with Crippen LogP contribution in [0, 0.1) is 0 Å². The van der Waals surface area contributed by atoms with Crippen LogP contribution in [0.15, 0.2) is 47.5 Å². The molecule has 0 aliphatic carbocycles. The Kier molecular flexibility index (Phi) is 4.77. The molecule has 0 unspecified atom stereocenters. The molecule has 134 valence electrons. The molecule has 1 aliphatic rings. The zero-order chi connectivity index (χ0) is 17.9. The molecule has 0 spiro atoms. The van der Waals surface area contributed by atoms with Crippen LogP contribution in [0.5, 0.6) is 0 Å². The summed E-state index contributed by atoms with van der Waals surface area (Å²) < 4.78 is 1.35. The van der Waals surface area contributed by atoms with E-state index >= 15 is 0 Å². The molecule has 3 aromatic rings. The molecule has 1 fully saturated rings. The Hall–Kier alpha value is -2.58. The summed E-state index contributed by atoms with van der Waals surface area (Å²) in [6, 6.07) is 9.45. The summed E-state index contributed by atoms with van der Waals surface area (Å²) >= 11 is 1.99. The minimum absolute atomic E-state index is 0.277. The lowest BCUT2D eigenvalue weighted by Crippen LogP contribution is -2.31. The fourth-order valence-electron chi connectivity index (χ4n) is 3.06. The van der Waals surface area contributed by atoms with Crippen molar-refractivity contribution in [3.63, 3.8) is 0 Å². The maximum absolute atomic E-state index is 12.6. The number of fused-ring (bicyclic) bond motifs is 1. The number of aromatic nitrogens is 3. The van der Waals surface area contributed by atoms with Gasteiger partial charge >= 0.3 is 0 Å². The first-order valence-electron chi connectivity index (χ1n) is 8.46. The van der Waals surface area contributed by atoms with Gasteiger partial charge in [0.25, 0.3) is 11.5 Å². The highest BCUT2D eigenvalue weighted by Gasteiger charge is 2.14. The van der Waals surface area contributed by atoms with Gasteiger partial charge in [-0.2, -0.15) is 16.9 Å². The van der Waals surface area contributed by atoms with Crippen LogP contribution in [0.4, 0.5) is 5.69 Å². The van der Waals surface area contributed by atoms with Crippen LogP contribution in [-0.2, 0) is 6.54 Å². The van der Waals surface area contributed by atoms with Crippen molar-refractivity contribution in [2.75, 3.05) is 29.9 Å². The van der Waals surface area contributed by atoms with Gasteiger partial charge in [-0.15, -0.1) is 0 Å². The van der Waals surface area contributed by atoms with Crippen LogP contribution in [0.3, 0.4) is 0 Å². The molecule has 1 aliphatic heterocycles. The van der Waals surface area contributed by atoms with E-state index in [9.17, 15) is 9.59 Å². The number of hydrogen-bond acceptors (Lipinski definition) is 5. The smallest absolute Gasteiger partial charge is 0.275 e. The number of carbonyl (C=O) groups excluding carboxylic acids is 1. The van der Waals surface area contributed by atoms with Crippen molar-refractivity contribution in [1.29, 1.82) is 0 Å². The van der Waals surface area contributed by atoms with E-state index in [0.29, 0.717) is 5.52 Å². The first kappa shape index (κ1) is 16.9. The second-order valence-corrected chi connectivity index (χ2v) is 7.40. The number of carbonyl (C=O) groups is 1. The van der Waals surface area contributed by atoms with E-state index < -0.39 is 0 Å². The molecule has 0 atom stereocenters. The third-order valence-electron chi connectivity index (χ3n) is 4.37. The van der Waals surface area contributed by atoms with Gasteiger partial charge in [0.05, 0.1) is 6.20 Å². The van der Waals surface area contributed by atoms with Crippen molar-refractivity contribution in [3.8, 4) is 0 Å². The van der Waals surface area contributed by atoms with Crippen molar-refractivity contribution in [2.24, 2.45) is 0 Å². The van der Waals surface area contributed by atoms with Crippen LogP contribution in [-0.4, -0.2) is 50.0 Å². The summed E-state index contributed by atoms with van der Waals surface area (Å²) in [4.78, 5) is 29.4. The van der Waals surface area contributed by atoms with Crippen LogP contribution < -0.4 is 10.9 Å². The van der Waals surface area contributed by atoms with Gasteiger partial charge in [0.15, 0.2) is 0 Å². The normalized spacial score (nSPS) is 15.2. The number of aromatic amines is 1. The Morgan fingerprint density at radius 2 is 2.12 bits per heavy atom. The van der Waals surface area contributed by atoms with Crippen LogP contribution in [0.25, 0.3) is 5.52 Å². The second-order valence-electron chi connectivity index (χ2n) is 6.17. The van der Waals surface area contributed by atoms with E-state index in [1.54, 1.807) is 6.07 Å². The molecule has 1 amide bonds. The highest BCUT2D eigenvalue weighted by molar-refractivity contribution is 7.99. The number of amides is 1. The van der Waals surface area contributed by atoms with Gasteiger partial charge in [-0.05, 0) is 23.8 Å². The molecule has 1 aromatic carbocycles. The molecular weight excluding hydrogens is 350 g/mol. The average molecular weight is 369 g/mol. The van der Waals surface area contributed by atoms with Crippen molar-refractivity contribution in [1.82, 2.24) is 19.5 Å². The number of H-pyrrole nitrogens is 1. The number of nitrogens with one attached hydrogen (secondary N) is 2. The molecular formula is C18H19N5O2S. The van der Waals surface area contributed by atoms with Gasteiger partial charge in [0, 0.05) is 43.0 Å². The zero-order valence-corrected chi connectivity index (χ0v) is 15.0. The first-order chi connectivity index (χ1) is 12.7. The molecule has 7 nitrogen and oxygen atoms in total. The molecule has 26 heavy (non-hydrogen) atoms. The molecule has 4 rings (SSSR count). The fraction of sp³-hybridized carbons (Fsp3) is 0.278. The maximum atomic E-state index is 12.6. The quantitative estimate of drug-likeness (QED) is 0.733. The Labute approximate surface area is 154 Å². The molecule has 0 bridgehead atoms. The third-order valence-corrected chi connectivity index (χ3v) is 5.31. The monoisotopic (exact) mass is 369 g/mol. The van der Waals surface area contributed by atoms with E-state index in [4.69, 9.17) is 0 Å². The summed E-state index contributed by atoms with van der Waals surface area (Å²) in [5.74, 6) is 2.02. The van der Waals surface area contributed by atoms with E-state index in [2.05, 4.69) is 26.4 Å². The van der Waals surface area contributed by atoms with E-state index in [-0.39, 0.29) is 17.2 Å². The van der Waals surface area contributed by atoms with E-state index in [0.717, 1.165) is 25.3 Å². The summed E-state index contributed by atoms with van der Waals surface area (Å²) in [6.07, 6.45) is 2.88. The minimum Gasteiger partial charge on any atom is -0.325 e. The summed E-state index contributed by atoms with van der Waals surface area (Å²) in [7, 11) is 0. The fourth-order valence-corrected chi connectivity index (χ4v) is 4.04. The van der Waals surface area contributed by atoms with Crippen LogP contribution >= 0.6 is 11.8 Å². The lowest BCUT2D eigenvalue weighted by molar-refractivity contribution is 0.101. The molecule has 0 radical (unpaired) electrons. The number of nitrogens with zero attached hydrogens (tertiary/aromatic N) is 3. The van der Waals surface area contributed by atoms with Crippen LogP contribution in [0.1, 0.15) is 16.1 Å². The molecule has 2 aromatic heterocycles. The molecule has 8 heteroatoms. The lowest BCUT2D eigenvalue weighted by Gasteiger charge is -2.26. The SMILES string of the molecule is O=C(Nc1cccc(CN2CCSCC2)c1)c1c[nH]c(=O)c2ccnn12. The highest BCUT2D eigenvalue weighted by atomic mass is 32.2. The van der Waals surface area contributed by atoms with Gasteiger partial charge in [0.1, 0.15) is 11.2 Å². The molecule has 0 saturated carbocycles. The number of hydrogen-bond donors (Lipinski definition) is 2. The predicted octanol–water partition coefficient (Wildman–Crippen LogP) is 1.82. The average Bonchev–Trinajstić information content (AvgIpc) is 3.14. The predicted molar refractivity (Wildman–Crippen MR) is 103 cm³/mol. The van der Waals surface area contributed by atoms with Gasteiger partial charge in [-0.3, -0.25) is 14.5 Å². The lowest BCUT2D eigenvalue weighted by atomic mass is 10.2. The number of benzene rings is 1. The Bertz CT molecular complexity index is 990. The van der Waals surface area contributed by atoms with Crippen molar-refractivity contribution in [3.05, 3.63) is 64.3 Å². The zero-order valence-electron chi connectivity index (χ0n) is 14.1. The molecule has 3 heterocycles. The standard InChI is InChI=1S/C18H19N5O2S/c24-17-15-4-5-20-23(15)16(11-19-17)18(25)21-14-3-1-2-13(10-14)12-22-6-8-26-9-7-22/h1-5,10-11H,6-9,12H2,(H,19,24)(H,21,25). The number of rotatable bonds is 4. The maximum Gasteiger partial charge on any atom is 0.275 e. The minimum atomic E-state index is -0.318. The largest absolute Gasteiger partial charge is 0.325 e. The van der Waals surface area contributed by atoms with Crippen molar-refractivity contribution < 1.29 is 4.79 Å². The Morgan fingerprint density at radius 1 is 1.27 bits per heavy atom. The van der Waals surface area contributed by atoms with Gasteiger partial charge in [-0.25, -0.2) is 4.52 Å². The topological polar surface area (TPSA) is 82.5 Å². The van der Waals surface area contributed by atoms with Crippen molar-refractivity contribution in [2.45, 2.75) is 6.54 Å². The first-order valence-corrected chi connectivity index (χ1v) is 9.62. The second kappa shape index (κ2) is 7.35.